The zero-order chi connectivity index (χ0) is 23.1. The molecule has 0 radical (unpaired) electrons. The number of nitrogens with zero attached hydrogens (tertiary/aromatic N) is 5. The Morgan fingerprint density at radius 2 is 1.97 bits per heavy atom. The molecule has 1 aliphatic heterocycles. The number of aromatic nitrogens is 4. The van der Waals surface area contributed by atoms with Gasteiger partial charge in [0.15, 0.2) is 0 Å². The molecule has 0 aliphatic carbocycles. The average molecular weight is 437 g/mol. The Hall–Kier alpha value is -3.75. The summed E-state index contributed by atoms with van der Waals surface area (Å²) in [5.74, 6) is 2.49. The average Bonchev–Trinajstić information content (AvgIpc) is 3.21. The number of hydrogen-bond acceptors (Lipinski definition) is 6. The molecule has 9 heteroatoms. The highest BCUT2D eigenvalue weighted by Crippen LogP contribution is 2.26. The summed E-state index contributed by atoms with van der Waals surface area (Å²) in [6.45, 7) is 5.81. The quantitative estimate of drug-likeness (QED) is 0.571. The van der Waals surface area contributed by atoms with Crippen LogP contribution < -0.4 is 10.2 Å². The van der Waals surface area contributed by atoms with Crippen LogP contribution in [-0.4, -0.2) is 50.6 Å². The van der Waals surface area contributed by atoms with E-state index in [-0.39, 0.29) is 18.3 Å². The van der Waals surface area contributed by atoms with E-state index in [4.69, 9.17) is 14.9 Å². The van der Waals surface area contributed by atoms with Crippen molar-refractivity contribution in [3.05, 3.63) is 71.2 Å². The van der Waals surface area contributed by atoms with Crippen LogP contribution in [0, 0.1) is 0 Å². The van der Waals surface area contributed by atoms with E-state index >= 15 is 0 Å². The van der Waals surface area contributed by atoms with Gasteiger partial charge < -0.3 is 19.9 Å². The van der Waals surface area contributed by atoms with Gasteiger partial charge in [0.05, 0.1) is 6.54 Å². The third-order valence-corrected chi connectivity index (χ3v) is 5.13. The lowest BCUT2D eigenvalue weighted by molar-refractivity contribution is -0.122. The van der Waals surface area contributed by atoms with Crippen molar-refractivity contribution in [1.29, 1.82) is 0 Å². The number of imidazole rings is 1. The van der Waals surface area contributed by atoms with Gasteiger partial charge in [-0.1, -0.05) is 44.2 Å². The largest absolute Gasteiger partial charge is 0.483 e. The first-order valence-electron chi connectivity index (χ1n) is 10.5. The van der Waals surface area contributed by atoms with E-state index in [1.54, 1.807) is 0 Å². The molecule has 0 saturated carbocycles. The maximum atomic E-state index is 12.4. The minimum Gasteiger partial charge on any atom is -0.483 e. The van der Waals surface area contributed by atoms with Gasteiger partial charge in [-0.05, 0) is 12.0 Å². The third-order valence-electron chi connectivity index (χ3n) is 5.13. The van der Waals surface area contributed by atoms with Crippen molar-refractivity contribution in [2.24, 2.45) is 0 Å². The molecule has 0 spiro atoms. The van der Waals surface area contributed by atoms with E-state index in [9.17, 15) is 4.79 Å². The van der Waals surface area contributed by atoms with Crippen molar-refractivity contribution in [1.82, 2.24) is 24.8 Å². The number of carbonyl (C=O) groups excluding carboxylic acids is 1. The van der Waals surface area contributed by atoms with Crippen molar-refractivity contribution in [3.8, 4) is 0 Å². The Bertz CT molecular complexity index is 1060. The van der Waals surface area contributed by atoms with Crippen LogP contribution in [0.1, 0.15) is 53.0 Å². The summed E-state index contributed by atoms with van der Waals surface area (Å²) in [6, 6.07) is 10.3. The Labute approximate surface area is 187 Å². The van der Waals surface area contributed by atoms with E-state index in [0.29, 0.717) is 24.6 Å². The monoisotopic (exact) mass is 436 g/mol. The van der Waals surface area contributed by atoms with Crippen LogP contribution >= 0.6 is 0 Å². The molecular formula is C23H28N6O3. The van der Waals surface area contributed by atoms with E-state index in [1.165, 1.54) is 5.56 Å². The van der Waals surface area contributed by atoms with Crippen LogP contribution in [0.3, 0.4) is 0 Å². The fourth-order valence-electron chi connectivity index (χ4n) is 3.57. The summed E-state index contributed by atoms with van der Waals surface area (Å²) in [5.41, 5.74) is 2.65. The van der Waals surface area contributed by atoms with Crippen LogP contribution in [-0.2, 0) is 24.3 Å². The summed E-state index contributed by atoms with van der Waals surface area (Å²) in [6.07, 6.45) is 4.56. The molecule has 0 saturated heterocycles. The summed E-state index contributed by atoms with van der Waals surface area (Å²) in [7, 11) is 2.00. The van der Waals surface area contributed by atoms with Crippen LogP contribution in [0.15, 0.2) is 42.7 Å². The molecule has 0 fully saturated rings. The molecule has 2 N–H and O–H groups in total. The predicted molar refractivity (Wildman–Crippen MR) is 121 cm³/mol. The lowest BCUT2D eigenvalue weighted by Crippen LogP contribution is -2.35. The Morgan fingerprint density at radius 3 is 2.66 bits per heavy atom. The van der Waals surface area contributed by atoms with Crippen molar-refractivity contribution < 1.29 is 14.7 Å². The van der Waals surface area contributed by atoms with Crippen LogP contribution in [0.5, 0.6) is 0 Å². The first-order chi connectivity index (χ1) is 15.4. The van der Waals surface area contributed by atoms with Crippen LogP contribution in [0.25, 0.3) is 0 Å². The minimum absolute atomic E-state index is 0.115. The summed E-state index contributed by atoms with van der Waals surface area (Å²) < 4.78 is 2.15. The van der Waals surface area contributed by atoms with Gasteiger partial charge in [-0.3, -0.25) is 9.59 Å². The van der Waals surface area contributed by atoms with Crippen LogP contribution in [0.4, 0.5) is 5.82 Å². The van der Waals surface area contributed by atoms with Crippen molar-refractivity contribution in [3.63, 3.8) is 0 Å². The molecule has 0 atom stereocenters. The van der Waals surface area contributed by atoms with Gasteiger partial charge in [0.1, 0.15) is 23.2 Å². The first-order valence-corrected chi connectivity index (χ1v) is 10.5. The Balaban J connectivity index is 0.000000913. The molecule has 1 aliphatic rings. The molecule has 2 aromatic heterocycles. The second-order valence-corrected chi connectivity index (χ2v) is 7.81. The van der Waals surface area contributed by atoms with Gasteiger partial charge in [0, 0.05) is 44.0 Å². The number of rotatable bonds is 6. The van der Waals surface area contributed by atoms with Gasteiger partial charge in [-0.25, -0.2) is 15.0 Å². The number of hydrogen-bond donors (Lipinski definition) is 2. The van der Waals surface area contributed by atoms with Crippen molar-refractivity contribution in [2.75, 3.05) is 18.5 Å². The third kappa shape index (κ3) is 5.29. The lowest BCUT2D eigenvalue weighted by Gasteiger charge is -2.26. The predicted octanol–water partition coefficient (Wildman–Crippen LogP) is 2.47. The number of nitrogens with one attached hydrogen (secondary N) is 1. The zero-order valence-electron chi connectivity index (χ0n) is 18.5. The normalized spacial score (nSPS) is 12.4. The van der Waals surface area contributed by atoms with Gasteiger partial charge in [-0.15, -0.1) is 0 Å². The van der Waals surface area contributed by atoms with Crippen molar-refractivity contribution >= 4 is 18.2 Å². The highest BCUT2D eigenvalue weighted by atomic mass is 16.3. The molecule has 32 heavy (non-hydrogen) atoms. The number of benzene rings is 1. The molecule has 0 unspecified atom stereocenters. The molecule has 4 rings (SSSR count). The number of carboxylic acid groups (broad SMARTS) is 1. The van der Waals surface area contributed by atoms with E-state index in [2.05, 4.69) is 36.9 Å². The second kappa shape index (κ2) is 10.5. The van der Waals surface area contributed by atoms with E-state index in [0.717, 1.165) is 30.2 Å². The number of amides is 1. The van der Waals surface area contributed by atoms with Gasteiger partial charge in [0.2, 0.25) is 0 Å². The molecule has 3 aromatic rings. The fraction of sp³-hybridized carbons (Fsp3) is 0.348. The molecule has 1 amide bonds. The molecule has 168 valence electrons. The van der Waals surface area contributed by atoms with Crippen LogP contribution in [0.2, 0.25) is 0 Å². The lowest BCUT2D eigenvalue weighted by atomic mass is 10.0. The molecule has 1 aromatic carbocycles. The fourth-order valence-corrected chi connectivity index (χ4v) is 3.57. The highest BCUT2D eigenvalue weighted by molar-refractivity contribution is 5.96. The van der Waals surface area contributed by atoms with Crippen molar-refractivity contribution in [2.45, 2.75) is 39.3 Å². The standard InChI is InChI=1S/C22H26N6O.CH2O2/c1-15(2)20-25-19-17(9-10-24-22(19)29)21(26-20)27(3)14-18-23-11-12-28(18)13-16-7-5-4-6-8-16;2-1-3/h4-8,11-12,15H,9-10,13-14H2,1-3H3,(H,24,29);1H,(H,2,3). The second-order valence-electron chi connectivity index (χ2n) is 7.81. The number of anilines is 1. The topological polar surface area (TPSA) is 113 Å². The number of fused-ring (bicyclic) bond motifs is 1. The maximum absolute atomic E-state index is 12.4. The maximum Gasteiger partial charge on any atom is 0.290 e. The molecule has 9 nitrogen and oxygen atoms in total. The van der Waals surface area contributed by atoms with E-state index < -0.39 is 0 Å². The zero-order valence-corrected chi connectivity index (χ0v) is 18.5. The summed E-state index contributed by atoms with van der Waals surface area (Å²) in [4.78, 5) is 36.7. The molecule has 3 heterocycles. The van der Waals surface area contributed by atoms with Gasteiger partial charge in [-0.2, -0.15) is 0 Å². The summed E-state index contributed by atoms with van der Waals surface area (Å²) in [5, 5.41) is 9.78. The number of carbonyl (C=O) groups is 2. The van der Waals surface area contributed by atoms with E-state index in [1.807, 2.05) is 51.5 Å². The smallest absolute Gasteiger partial charge is 0.290 e. The first kappa shape index (κ1) is 22.9. The SMILES string of the molecule is CC(C)c1nc2c(c(N(C)Cc3nccn3Cc3ccccc3)n1)CCNC2=O.O=CO. The van der Waals surface area contributed by atoms with Gasteiger partial charge >= 0.3 is 0 Å². The minimum atomic E-state index is -0.250. The summed E-state index contributed by atoms with van der Waals surface area (Å²) >= 11 is 0. The van der Waals surface area contributed by atoms with Gasteiger partial charge in [0.25, 0.3) is 12.4 Å². The Morgan fingerprint density at radius 1 is 1.25 bits per heavy atom. The Kier molecular flexibility index (Phi) is 7.54. The highest BCUT2D eigenvalue weighted by Gasteiger charge is 2.26. The molecule has 0 bridgehead atoms. The molecular weight excluding hydrogens is 408 g/mol.